The fraction of sp³-hybridized carbons (Fsp3) is 0.625. The molecular weight excluding hydrogens is 190 g/mol. The minimum atomic E-state index is -3.46. The fourth-order valence-electron chi connectivity index (χ4n) is 0.944. The van der Waals surface area contributed by atoms with Gasteiger partial charge in [-0.25, -0.2) is 8.42 Å². The van der Waals surface area contributed by atoms with Gasteiger partial charge in [0.25, 0.3) is 0 Å². The number of hydrogen-bond donors (Lipinski definition) is 0. The van der Waals surface area contributed by atoms with Crippen LogP contribution < -0.4 is 0 Å². The van der Waals surface area contributed by atoms with Gasteiger partial charge in [-0.05, 0) is 0 Å². The van der Waals surface area contributed by atoms with Crippen LogP contribution in [0.25, 0.3) is 0 Å². The molecule has 0 saturated carbocycles. The Bertz CT molecular complexity index is 315. The fourth-order valence-corrected chi connectivity index (χ4v) is 1.86. The zero-order valence-electron chi connectivity index (χ0n) is 7.78. The van der Waals surface area contributed by atoms with Crippen molar-refractivity contribution in [3.63, 3.8) is 0 Å². The normalized spacial score (nSPS) is 15.8. The van der Waals surface area contributed by atoms with Crippen LogP contribution in [0.5, 0.6) is 0 Å². The maximum atomic E-state index is 11.3. The van der Waals surface area contributed by atoms with Crippen molar-refractivity contribution in [2.45, 2.75) is 11.2 Å². The Labute approximate surface area is 78.7 Å². The molecule has 13 heavy (non-hydrogen) atoms. The maximum absolute atomic E-state index is 11.3. The third-order valence-electron chi connectivity index (χ3n) is 1.77. The molecule has 5 heteroatoms. The molecule has 0 aliphatic carbocycles. The number of hydrogen-bond acceptors (Lipinski definition) is 4. The third kappa shape index (κ3) is 2.54. The van der Waals surface area contributed by atoms with Crippen LogP contribution in [0.1, 0.15) is 6.42 Å². The van der Waals surface area contributed by atoms with E-state index in [2.05, 4.69) is 6.58 Å². The van der Waals surface area contributed by atoms with Crippen molar-refractivity contribution in [3.05, 3.63) is 12.7 Å². The highest BCUT2D eigenvalue weighted by atomic mass is 32.2. The average molecular weight is 203 g/mol. The van der Waals surface area contributed by atoms with E-state index in [0.29, 0.717) is 0 Å². The molecule has 0 bridgehead atoms. The number of nitriles is 1. The van der Waals surface area contributed by atoms with E-state index in [1.165, 1.54) is 13.2 Å². The Hall–Kier alpha value is -0.860. The molecule has 0 radical (unpaired) electrons. The first-order valence-electron chi connectivity index (χ1n) is 3.64. The van der Waals surface area contributed by atoms with Gasteiger partial charge in [0.05, 0.1) is 12.7 Å². The van der Waals surface area contributed by atoms with Crippen LogP contribution in [-0.4, -0.2) is 33.1 Å². The van der Waals surface area contributed by atoms with Gasteiger partial charge in [-0.1, -0.05) is 6.08 Å². The predicted octanol–water partition coefficient (Wildman–Crippen LogP) is 0.516. The van der Waals surface area contributed by atoms with Crippen molar-refractivity contribution < 1.29 is 13.2 Å². The van der Waals surface area contributed by atoms with E-state index in [1.54, 1.807) is 6.07 Å². The Balaban J connectivity index is 5.13. The number of allylic oxidation sites excluding steroid dienone is 1. The second kappa shape index (κ2) is 4.40. The molecule has 4 nitrogen and oxygen atoms in total. The van der Waals surface area contributed by atoms with Gasteiger partial charge in [0.15, 0.2) is 14.6 Å². The second-order valence-corrected chi connectivity index (χ2v) is 5.13. The zero-order valence-corrected chi connectivity index (χ0v) is 8.60. The van der Waals surface area contributed by atoms with E-state index in [9.17, 15) is 8.42 Å². The molecule has 0 saturated heterocycles. The number of rotatable bonds is 5. The summed E-state index contributed by atoms with van der Waals surface area (Å²) in [4.78, 5) is 0. The highest BCUT2D eigenvalue weighted by Gasteiger charge is 2.40. The van der Waals surface area contributed by atoms with E-state index in [4.69, 9.17) is 10.00 Å². The van der Waals surface area contributed by atoms with Crippen molar-refractivity contribution in [2.24, 2.45) is 0 Å². The zero-order chi connectivity index (χ0) is 10.5. The van der Waals surface area contributed by atoms with Gasteiger partial charge in [0.2, 0.25) is 0 Å². The molecule has 0 aliphatic heterocycles. The quantitative estimate of drug-likeness (QED) is 0.611. The number of nitrogens with zero attached hydrogens (tertiary/aromatic N) is 1. The molecule has 0 fully saturated rings. The Morgan fingerprint density at radius 3 is 2.46 bits per heavy atom. The highest BCUT2D eigenvalue weighted by molar-refractivity contribution is 7.92. The van der Waals surface area contributed by atoms with Crippen molar-refractivity contribution in [2.75, 3.05) is 20.0 Å². The topological polar surface area (TPSA) is 67.2 Å². The van der Waals surface area contributed by atoms with E-state index in [0.717, 1.165) is 6.26 Å². The first kappa shape index (κ1) is 12.1. The summed E-state index contributed by atoms with van der Waals surface area (Å²) in [5.74, 6) is 0. The molecule has 0 heterocycles. The number of ether oxygens (including phenoxy) is 1. The van der Waals surface area contributed by atoms with E-state index >= 15 is 0 Å². The summed E-state index contributed by atoms with van der Waals surface area (Å²) in [6.45, 7) is 3.29. The van der Waals surface area contributed by atoms with Gasteiger partial charge in [0.1, 0.15) is 0 Å². The van der Waals surface area contributed by atoms with Gasteiger partial charge in [0, 0.05) is 19.8 Å². The van der Waals surface area contributed by atoms with Crippen LogP contribution in [0.3, 0.4) is 0 Å². The van der Waals surface area contributed by atoms with Gasteiger partial charge in [-0.15, -0.1) is 6.58 Å². The molecule has 0 amide bonds. The molecule has 0 N–H and O–H groups in total. The molecule has 0 aromatic heterocycles. The number of sulfone groups is 1. The molecule has 0 unspecified atom stereocenters. The lowest BCUT2D eigenvalue weighted by atomic mass is 10.1. The van der Waals surface area contributed by atoms with Crippen molar-refractivity contribution in [1.82, 2.24) is 0 Å². The number of methoxy groups -OCH3 is 1. The Morgan fingerprint density at radius 1 is 1.69 bits per heavy atom. The lowest BCUT2D eigenvalue weighted by molar-refractivity contribution is 0.181. The molecular formula is C8H13NO3S. The third-order valence-corrected chi connectivity index (χ3v) is 3.56. The Kier molecular flexibility index (Phi) is 4.11. The summed E-state index contributed by atoms with van der Waals surface area (Å²) < 4.78 is 25.9. The first-order valence-corrected chi connectivity index (χ1v) is 5.53. The summed E-state index contributed by atoms with van der Waals surface area (Å²) in [5, 5.41) is 8.82. The summed E-state index contributed by atoms with van der Waals surface area (Å²) in [6.07, 6.45) is 2.51. The van der Waals surface area contributed by atoms with Gasteiger partial charge < -0.3 is 4.74 Å². The van der Waals surface area contributed by atoms with E-state index in [-0.39, 0.29) is 13.0 Å². The molecule has 0 rings (SSSR count). The predicted molar refractivity (Wildman–Crippen MR) is 49.9 cm³/mol. The van der Waals surface area contributed by atoms with Crippen LogP contribution in [-0.2, 0) is 14.6 Å². The van der Waals surface area contributed by atoms with Gasteiger partial charge in [-0.2, -0.15) is 5.26 Å². The monoisotopic (exact) mass is 203 g/mol. The van der Waals surface area contributed by atoms with Crippen LogP contribution in [0.15, 0.2) is 12.7 Å². The largest absolute Gasteiger partial charge is 0.382 e. The molecule has 0 aromatic rings. The summed E-state index contributed by atoms with van der Waals surface area (Å²) in [5.41, 5.74) is 0. The lowest BCUT2D eigenvalue weighted by Gasteiger charge is -2.21. The van der Waals surface area contributed by atoms with Gasteiger partial charge >= 0.3 is 0 Å². The lowest BCUT2D eigenvalue weighted by Crippen LogP contribution is -2.40. The van der Waals surface area contributed by atoms with E-state index in [1.807, 2.05) is 0 Å². The first-order chi connectivity index (χ1) is 5.93. The van der Waals surface area contributed by atoms with Crippen molar-refractivity contribution in [3.8, 4) is 6.07 Å². The van der Waals surface area contributed by atoms with Crippen LogP contribution in [0.2, 0.25) is 0 Å². The molecule has 1 atom stereocenters. The van der Waals surface area contributed by atoms with Crippen molar-refractivity contribution in [1.29, 1.82) is 5.26 Å². The standard InChI is InChI=1S/C8H13NO3S/c1-4-5-8(6-9,7-12-2)13(3,10)11/h4H,1,5,7H2,2-3H3/t8-/m1/s1. The minimum absolute atomic E-state index is 0.0795. The van der Waals surface area contributed by atoms with Crippen LogP contribution >= 0.6 is 0 Å². The SMILES string of the molecule is C=CC[C@@](C#N)(COC)S(C)(=O)=O. The summed E-state index contributed by atoms with van der Waals surface area (Å²) in [6, 6.07) is 1.77. The second-order valence-electron chi connectivity index (χ2n) is 2.80. The van der Waals surface area contributed by atoms with Crippen LogP contribution in [0.4, 0.5) is 0 Å². The van der Waals surface area contributed by atoms with Crippen LogP contribution in [0, 0.1) is 11.3 Å². The molecule has 74 valence electrons. The molecule has 0 aromatic carbocycles. The van der Waals surface area contributed by atoms with E-state index < -0.39 is 14.6 Å². The maximum Gasteiger partial charge on any atom is 0.184 e. The van der Waals surface area contributed by atoms with Gasteiger partial charge in [-0.3, -0.25) is 0 Å². The average Bonchev–Trinajstić information content (AvgIpc) is 2.02. The molecule has 0 spiro atoms. The minimum Gasteiger partial charge on any atom is -0.382 e. The summed E-state index contributed by atoms with van der Waals surface area (Å²) in [7, 11) is -2.10. The molecule has 0 aliphatic rings. The van der Waals surface area contributed by atoms with Crippen molar-refractivity contribution >= 4 is 9.84 Å². The highest BCUT2D eigenvalue weighted by Crippen LogP contribution is 2.21. The Morgan fingerprint density at radius 2 is 2.23 bits per heavy atom. The smallest absolute Gasteiger partial charge is 0.184 e. The summed E-state index contributed by atoms with van der Waals surface area (Å²) >= 11 is 0.